The van der Waals surface area contributed by atoms with E-state index in [0.29, 0.717) is 11.9 Å². The van der Waals surface area contributed by atoms with Crippen molar-refractivity contribution in [2.75, 3.05) is 0 Å². The zero-order valence-electron chi connectivity index (χ0n) is 15.5. The molecular weight excluding hydrogens is 356 g/mol. The van der Waals surface area contributed by atoms with Crippen LogP contribution in [-0.2, 0) is 0 Å². The first-order valence-electron chi connectivity index (χ1n) is 9.45. The molecule has 1 N–H and O–H groups in total. The summed E-state index contributed by atoms with van der Waals surface area (Å²) < 4.78 is 4.05. The van der Waals surface area contributed by atoms with Gasteiger partial charge in [-0.2, -0.15) is 5.21 Å². The summed E-state index contributed by atoms with van der Waals surface area (Å²) in [5.74, 6) is 1.49. The van der Waals surface area contributed by atoms with Crippen molar-refractivity contribution in [3.8, 4) is 22.6 Å². The first kappa shape index (κ1) is 16.7. The average molecular weight is 376 g/mol. The molecule has 1 aliphatic carbocycles. The Bertz CT molecular complexity index is 1040. The molecule has 0 bridgehead atoms. The third-order valence-corrected chi connectivity index (χ3v) is 5.38. The Morgan fingerprint density at radius 2 is 1.82 bits per heavy atom. The summed E-state index contributed by atoms with van der Waals surface area (Å²) in [5, 5.41) is 31.2. The molecule has 10 heteroatoms. The summed E-state index contributed by atoms with van der Waals surface area (Å²) >= 11 is 0. The van der Waals surface area contributed by atoms with Gasteiger partial charge in [-0.1, -0.05) is 42.3 Å². The van der Waals surface area contributed by atoms with E-state index in [-0.39, 0.29) is 6.04 Å². The lowest BCUT2D eigenvalue weighted by Crippen LogP contribution is -2.16. The van der Waals surface area contributed by atoms with Crippen molar-refractivity contribution in [1.29, 1.82) is 0 Å². The molecular formula is C18H20N10. The van der Waals surface area contributed by atoms with Crippen molar-refractivity contribution in [2.45, 2.75) is 44.7 Å². The van der Waals surface area contributed by atoms with Gasteiger partial charge in [0, 0.05) is 17.2 Å². The highest BCUT2D eigenvalue weighted by atomic mass is 15.5. The van der Waals surface area contributed by atoms with Gasteiger partial charge < -0.3 is 4.57 Å². The lowest BCUT2D eigenvalue weighted by atomic mass is 10.1. The molecule has 1 aromatic carbocycles. The van der Waals surface area contributed by atoms with Crippen LogP contribution in [0.2, 0.25) is 0 Å². The fourth-order valence-corrected chi connectivity index (χ4v) is 3.81. The number of nitrogens with zero attached hydrogens (tertiary/aromatic N) is 9. The maximum atomic E-state index is 4.36. The van der Waals surface area contributed by atoms with E-state index in [1.807, 2.05) is 41.5 Å². The standard InChI is InChI=1S/C18H20N10/c1-12(18-23-19-11-27(18)15-4-2-3-5-15)28-10-16(20-26-28)13-6-8-14(9-7-13)17-21-24-25-22-17/h6-12,15H,2-5H2,1H3,(H,21,22,24,25). The molecule has 28 heavy (non-hydrogen) atoms. The van der Waals surface area contributed by atoms with Crippen LogP contribution in [0.1, 0.15) is 50.5 Å². The van der Waals surface area contributed by atoms with Gasteiger partial charge in [-0.15, -0.1) is 25.5 Å². The molecule has 1 aliphatic rings. The smallest absolute Gasteiger partial charge is 0.204 e. The second kappa shape index (κ2) is 6.95. The van der Waals surface area contributed by atoms with Gasteiger partial charge >= 0.3 is 0 Å². The second-order valence-corrected chi connectivity index (χ2v) is 7.11. The monoisotopic (exact) mass is 376 g/mol. The van der Waals surface area contributed by atoms with E-state index in [1.165, 1.54) is 25.7 Å². The molecule has 0 amide bonds. The number of rotatable bonds is 5. The normalized spacial score (nSPS) is 15.9. The topological polar surface area (TPSA) is 116 Å². The van der Waals surface area contributed by atoms with Crippen LogP contribution >= 0.6 is 0 Å². The maximum Gasteiger partial charge on any atom is 0.204 e. The molecule has 10 nitrogen and oxygen atoms in total. The Hall–Kier alpha value is -3.43. The van der Waals surface area contributed by atoms with Crippen LogP contribution in [0.3, 0.4) is 0 Å². The number of benzene rings is 1. The molecule has 142 valence electrons. The van der Waals surface area contributed by atoms with Crippen LogP contribution < -0.4 is 0 Å². The summed E-state index contributed by atoms with van der Waals surface area (Å²) in [7, 11) is 0. The van der Waals surface area contributed by atoms with Crippen molar-refractivity contribution in [1.82, 2.24) is 50.4 Å². The number of nitrogens with one attached hydrogen (secondary N) is 1. The van der Waals surface area contributed by atoms with Gasteiger partial charge in [0.15, 0.2) is 5.82 Å². The number of aromatic nitrogens is 10. The number of hydrogen-bond donors (Lipinski definition) is 1. The van der Waals surface area contributed by atoms with Crippen molar-refractivity contribution < 1.29 is 0 Å². The van der Waals surface area contributed by atoms with E-state index in [1.54, 1.807) is 0 Å². The molecule has 0 saturated heterocycles. The number of tetrazole rings is 1. The highest BCUT2D eigenvalue weighted by molar-refractivity contribution is 5.64. The Morgan fingerprint density at radius 1 is 1.04 bits per heavy atom. The summed E-state index contributed by atoms with van der Waals surface area (Å²) in [6.45, 7) is 2.08. The van der Waals surface area contributed by atoms with E-state index in [2.05, 4.69) is 52.6 Å². The first-order valence-corrected chi connectivity index (χ1v) is 9.45. The SMILES string of the molecule is CC(c1nncn1C1CCCC1)n1cc(-c2ccc(-c3nn[nH]n3)cc2)nn1. The highest BCUT2D eigenvalue weighted by Gasteiger charge is 2.24. The third kappa shape index (κ3) is 2.96. The fourth-order valence-electron chi connectivity index (χ4n) is 3.81. The molecule has 3 aromatic heterocycles. The summed E-state index contributed by atoms with van der Waals surface area (Å²) in [6.07, 6.45) is 8.70. The maximum absolute atomic E-state index is 4.36. The average Bonchev–Trinajstić information content (AvgIpc) is 3.53. The van der Waals surface area contributed by atoms with Gasteiger partial charge in [0.05, 0.1) is 6.20 Å². The molecule has 1 saturated carbocycles. The Kier molecular flexibility index (Phi) is 4.15. The van der Waals surface area contributed by atoms with E-state index < -0.39 is 0 Å². The zero-order valence-corrected chi connectivity index (χ0v) is 15.5. The zero-order chi connectivity index (χ0) is 18.9. The van der Waals surface area contributed by atoms with E-state index in [9.17, 15) is 0 Å². The fraction of sp³-hybridized carbons (Fsp3) is 0.389. The quantitative estimate of drug-likeness (QED) is 0.568. The van der Waals surface area contributed by atoms with Crippen molar-refractivity contribution in [3.63, 3.8) is 0 Å². The second-order valence-electron chi connectivity index (χ2n) is 7.11. The number of aromatic amines is 1. The van der Waals surface area contributed by atoms with Gasteiger partial charge in [0.1, 0.15) is 18.1 Å². The lowest BCUT2D eigenvalue weighted by molar-refractivity contribution is 0.441. The molecule has 1 fully saturated rings. The summed E-state index contributed by atoms with van der Waals surface area (Å²) in [4.78, 5) is 0. The van der Waals surface area contributed by atoms with Crippen molar-refractivity contribution in [2.24, 2.45) is 0 Å². The summed E-state index contributed by atoms with van der Waals surface area (Å²) in [6, 6.07) is 8.30. The van der Waals surface area contributed by atoms with E-state index in [4.69, 9.17) is 0 Å². The molecule has 0 aliphatic heterocycles. The molecule has 0 radical (unpaired) electrons. The largest absolute Gasteiger partial charge is 0.313 e. The molecule has 3 heterocycles. The number of H-pyrrole nitrogens is 1. The molecule has 0 spiro atoms. The van der Waals surface area contributed by atoms with Gasteiger partial charge in [-0.05, 0) is 25.0 Å². The third-order valence-electron chi connectivity index (χ3n) is 5.38. The Balaban J connectivity index is 1.38. The van der Waals surface area contributed by atoms with Crippen LogP contribution in [-0.4, -0.2) is 50.4 Å². The Labute approximate surface area is 161 Å². The summed E-state index contributed by atoms with van der Waals surface area (Å²) in [5.41, 5.74) is 2.67. The minimum absolute atomic E-state index is 0.0389. The van der Waals surface area contributed by atoms with Crippen LogP contribution in [0, 0.1) is 0 Å². The van der Waals surface area contributed by atoms with Gasteiger partial charge in [-0.25, -0.2) is 4.68 Å². The van der Waals surface area contributed by atoms with Gasteiger partial charge in [0.2, 0.25) is 5.82 Å². The lowest BCUT2D eigenvalue weighted by Gasteiger charge is -2.17. The van der Waals surface area contributed by atoms with Crippen molar-refractivity contribution in [3.05, 3.63) is 42.6 Å². The minimum atomic E-state index is -0.0389. The predicted molar refractivity (Wildman–Crippen MR) is 100.0 cm³/mol. The van der Waals surface area contributed by atoms with Gasteiger partial charge in [0.25, 0.3) is 0 Å². The highest BCUT2D eigenvalue weighted by Crippen LogP contribution is 2.32. The van der Waals surface area contributed by atoms with Crippen molar-refractivity contribution >= 4 is 0 Å². The molecule has 5 rings (SSSR count). The van der Waals surface area contributed by atoms with Crippen LogP contribution in [0.25, 0.3) is 22.6 Å². The molecule has 1 unspecified atom stereocenters. The molecule has 4 aromatic rings. The van der Waals surface area contributed by atoms with Gasteiger partial charge in [-0.3, -0.25) is 0 Å². The first-order chi connectivity index (χ1) is 13.8. The van der Waals surface area contributed by atoms with Crippen LogP contribution in [0.5, 0.6) is 0 Å². The predicted octanol–water partition coefficient (Wildman–Crippen LogP) is 2.44. The Morgan fingerprint density at radius 3 is 2.57 bits per heavy atom. The van der Waals surface area contributed by atoms with Crippen LogP contribution in [0.4, 0.5) is 0 Å². The number of hydrogen-bond acceptors (Lipinski definition) is 7. The minimum Gasteiger partial charge on any atom is -0.313 e. The molecule has 1 atom stereocenters. The van der Waals surface area contributed by atoms with E-state index >= 15 is 0 Å². The van der Waals surface area contributed by atoms with E-state index in [0.717, 1.165) is 22.6 Å². The van der Waals surface area contributed by atoms with Crippen LogP contribution in [0.15, 0.2) is 36.8 Å².